The Morgan fingerprint density at radius 2 is 1.84 bits per heavy atom. The fourth-order valence-electron chi connectivity index (χ4n) is 3.89. The van der Waals surface area contributed by atoms with Gasteiger partial charge in [-0.3, -0.25) is 10.1 Å². The lowest BCUT2D eigenvalue weighted by Gasteiger charge is -2.25. The molecule has 6 nitrogen and oxygen atoms in total. The Hall–Kier alpha value is -3.23. The molecular formula is C29H36N2O4S2. The summed E-state index contributed by atoms with van der Waals surface area (Å²) in [5.41, 5.74) is 5.87. The maximum Gasteiger partial charge on any atom is 0.213 e. The Morgan fingerprint density at radius 3 is 2.38 bits per heavy atom. The molecule has 0 spiro atoms. The average Bonchev–Trinajstić information content (AvgIpc) is 3.28. The van der Waals surface area contributed by atoms with Crippen LogP contribution >= 0.6 is 23.1 Å². The standard InChI is InChI=1S/C23H23NO2S2.C4H7NO2.C2H6/c1-15-20-12-18(17-8-10-19(26-2)11-9-17)13-21(24-25)22(20)23(28-15)27-14-16-6-4-3-5-7-16;1-4(7-2)5-3-6;1-2/h3-11,18,25H,12-14H2,1-2H3;3H,1H2,2H3,(H,5,6);1-2H3/b24-21+;;. The SMILES string of the molecule is C=C(NC=O)OC.CC.COc1ccc(C2C/C(=N\O)c3c(SCc4ccccc4)sc(C)c3C2)cc1. The Balaban J connectivity index is 0.000000465. The van der Waals surface area contributed by atoms with Gasteiger partial charge in [0.2, 0.25) is 6.41 Å². The van der Waals surface area contributed by atoms with Crippen LogP contribution in [0.2, 0.25) is 0 Å². The van der Waals surface area contributed by atoms with Gasteiger partial charge in [-0.1, -0.05) is 61.5 Å². The number of carbonyl (C=O) groups is 1. The van der Waals surface area contributed by atoms with Crippen LogP contribution in [0.1, 0.15) is 53.3 Å². The highest BCUT2D eigenvalue weighted by atomic mass is 32.2. The molecule has 0 aliphatic heterocycles. The molecule has 0 fully saturated rings. The van der Waals surface area contributed by atoms with Crippen molar-refractivity contribution in [2.24, 2.45) is 5.16 Å². The summed E-state index contributed by atoms with van der Waals surface area (Å²) < 4.78 is 11.0. The van der Waals surface area contributed by atoms with E-state index in [2.05, 4.69) is 65.1 Å². The monoisotopic (exact) mass is 540 g/mol. The van der Waals surface area contributed by atoms with Crippen LogP contribution in [0.25, 0.3) is 0 Å². The van der Waals surface area contributed by atoms with E-state index in [1.807, 2.05) is 55.1 Å². The third-order valence-electron chi connectivity index (χ3n) is 5.74. The number of fused-ring (bicyclic) bond motifs is 1. The van der Waals surface area contributed by atoms with Crippen molar-refractivity contribution in [3.05, 3.63) is 94.2 Å². The van der Waals surface area contributed by atoms with Crippen molar-refractivity contribution in [2.45, 2.75) is 49.5 Å². The molecule has 4 rings (SSSR count). The van der Waals surface area contributed by atoms with Crippen LogP contribution in [-0.4, -0.2) is 31.5 Å². The van der Waals surface area contributed by atoms with Crippen molar-refractivity contribution in [3.8, 4) is 5.75 Å². The van der Waals surface area contributed by atoms with Gasteiger partial charge in [0, 0.05) is 22.6 Å². The van der Waals surface area contributed by atoms with Crippen LogP contribution in [0.15, 0.2) is 76.4 Å². The van der Waals surface area contributed by atoms with E-state index in [0.29, 0.717) is 12.3 Å². The molecule has 1 aromatic heterocycles. The van der Waals surface area contributed by atoms with Crippen LogP contribution in [0.4, 0.5) is 0 Å². The first-order chi connectivity index (χ1) is 18.0. The molecule has 1 amide bonds. The fourth-order valence-corrected chi connectivity index (χ4v) is 6.49. The molecule has 1 unspecified atom stereocenters. The number of carbonyl (C=O) groups excluding carboxylic acids is 1. The van der Waals surface area contributed by atoms with Gasteiger partial charge < -0.3 is 14.7 Å². The molecule has 3 aromatic rings. The lowest BCUT2D eigenvalue weighted by Crippen LogP contribution is -2.19. The number of benzene rings is 2. The van der Waals surface area contributed by atoms with Gasteiger partial charge in [0.05, 0.1) is 24.1 Å². The summed E-state index contributed by atoms with van der Waals surface area (Å²) in [6.07, 6.45) is 2.24. The molecule has 1 aliphatic carbocycles. The molecule has 37 heavy (non-hydrogen) atoms. The van der Waals surface area contributed by atoms with Crippen LogP contribution in [0.3, 0.4) is 0 Å². The molecule has 2 aromatic carbocycles. The molecule has 0 radical (unpaired) electrons. The van der Waals surface area contributed by atoms with Crippen molar-refractivity contribution in [2.75, 3.05) is 14.2 Å². The minimum atomic E-state index is 0.259. The predicted molar refractivity (Wildman–Crippen MR) is 154 cm³/mol. The van der Waals surface area contributed by atoms with Gasteiger partial charge in [0.15, 0.2) is 5.88 Å². The summed E-state index contributed by atoms with van der Waals surface area (Å²) in [5, 5.41) is 15.7. The Kier molecular flexibility index (Phi) is 12.8. The molecule has 8 heteroatoms. The Labute approximate surface area is 228 Å². The molecule has 1 heterocycles. The van der Waals surface area contributed by atoms with Gasteiger partial charge in [0.1, 0.15) is 5.75 Å². The fraction of sp³-hybridized carbons (Fsp3) is 0.310. The highest BCUT2D eigenvalue weighted by molar-refractivity contribution is 8.00. The molecule has 1 atom stereocenters. The normalized spacial score (nSPS) is 14.7. The van der Waals surface area contributed by atoms with E-state index < -0.39 is 0 Å². The van der Waals surface area contributed by atoms with E-state index in [1.165, 1.54) is 32.9 Å². The van der Waals surface area contributed by atoms with Crippen molar-refractivity contribution in [1.82, 2.24) is 5.32 Å². The number of hydrogen-bond acceptors (Lipinski definition) is 7. The highest BCUT2D eigenvalue weighted by Crippen LogP contribution is 2.44. The van der Waals surface area contributed by atoms with Crippen molar-refractivity contribution in [1.29, 1.82) is 0 Å². The number of rotatable bonds is 8. The number of ether oxygens (including phenoxy) is 2. The van der Waals surface area contributed by atoms with Crippen LogP contribution in [-0.2, 0) is 21.7 Å². The van der Waals surface area contributed by atoms with E-state index in [1.54, 1.807) is 7.11 Å². The smallest absolute Gasteiger partial charge is 0.213 e. The number of aryl methyl sites for hydroxylation is 1. The van der Waals surface area contributed by atoms with Crippen LogP contribution < -0.4 is 10.1 Å². The third-order valence-corrected chi connectivity index (χ3v) is 8.23. The second-order valence-corrected chi connectivity index (χ2v) is 10.4. The molecule has 0 saturated carbocycles. The number of thioether (sulfide) groups is 1. The first-order valence-corrected chi connectivity index (χ1v) is 13.9. The van der Waals surface area contributed by atoms with E-state index in [0.717, 1.165) is 35.6 Å². The zero-order chi connectivity index (χ0) is 27.2. The molecule has 198 valence electrons. The van der Waals surface area contributed by atoms with Crippen molar-refractivity contribution >= 4 is 35.2 Å². The summed E-state index contributed by atoms with van der Waals surface area (Å²) in [4.78, 5) is 10.8. The minimum Gasteiger partial charge on any atom is -0.497 e. The quantitative estimate of drug-likeness (QED) is 0.104. The van der Waals surface area contributed by atoms with Crippen LogP contribution in [0.5, 0.6) is 5.75 Å². The van der Waals surface area contributed by atoms with E-state index in [9.17, 15) is 10.0 Å². The number of thiophene rings is 1. The largest absolute Gasteiger partial charge is 0.497 e. The number of hydrogen-bond donors (Lipinski definition) is 2. The van der Waals surface area contributed by atoms with Gasteiger partial charge >= 0.3 is 0 Å². The van der Waals surface area contributed by atoms with E-state index in [-0.39, 0.29) is 5.88 Å². The lowest BCUT2D eigenvalue weighted by atomic mass is 9.80. The second kappa shape index (κ2) is 15.8. The molecule has 2 N–H and O–H groups in total. The Morgan fingerprint density at radius 1 is 1.16 bits per heavy atom. The molecular weight excluding hydrogens is 504 g/mol. The van der Waals surface area contributed by atoms with Crippen molar-refractivity contribution in [3.63, 3.8) is 0 Å². The number of amides is 1. The zero-order valence-corrected chi connectivity index (χ0v) is 23.7. The third kappa shape index (κ3) is 8.40. The van der Waals surface area contributed by atoms with Gasteiger partial charge in [0.25, 0.3) is 0 Å². The molecule has 0 saturated heterocycles. The summed E-state index contributed by atoms with van der Waals surface area (Å²) in [6, 6.07) is 18.7. The summed E-state index contributed by atoms with van der Waals surface area (Å²) in [5.74, 6) is 2.37. The number of oxime groups is 1. The average molecular weight is 541 g/mol. The van der Waals surface area contributed by atoms with Crippen LogP contribution in [0, 0.1) is 6.92 Å². The number of nitrogens with one attached hydrogen (secondary N) is 1. The van der Waals surface area contributed by atoms with Gasteiger partial charge in [-0.05, 0) is 54.7 Å². The topological polar surface area (TPSA) is 80.2 Å². The highest BCUT2D eigenvalue weighted by Gasteiger charge is 2.31. The van der Waals surface area contributed by atoms with Gasteiger partial charge in [-0.2, -0.15) is 0 Å². The predicted octanol–water partition coefficient (Wildman–Crippen LogP) is 7.14. The first-order valence-electron chi connectivity index (χ1n) is 12.1. The zero-order valence-electron chi connectivity index (χ0n) is 22.1. The molecule has 0 bridgehead atoms. The summed E-state index contributed by atoms with van der Waals surface area (Å²) in [7, 11) is 3.11. The van der Waals surface area contributed by atoms with Crippen molar-refractivity contribution < 1.29 is 19.5 Å². The minimum absolute atomic E-state index is 0.259. The van der Waals surface area contributed by atoms with E-state index in [4.69, 9.17) is 4.74 Å². The maximum absolute atomic E-state index is 9.77. The number of methoxy groups -OCH3 is 2. The second-order valence-electron chi connectivity index (χ2n) is 7.89. The number of nitrogens with zero attached hydrogens (tertiary/aromatic N) is 1. The van der Waals surface area contributed by atoms with Gasteiger partial charge in [-0.15, -0.1) is 23.1 Å². The molecule has 1 aliphatic rings. The lowest BCUT2D eigenvalue weighted by molar-refractivity contribution is -0.109. The Bertz CT molecular complexity index is 1160. The maximum atomic E-state index is 9.77. The summed E-state index contributed by atoms with van der Waals surface area (Å²) in [6.45, 7) is 9.48. The summed E-state index contributed by atoms with van der Waals surface area (Å²) >= 11 is 3.66. The van der Waals surface area contributed by atoms with Gasteiger partial charge in [-0.25, -0.2) is 0 Å². The van der Waals surface area contributed by atoms with E-state index >= 15 is 0 Å². The first kappa shape index (κ1) is 30.0.